The molecule has 0 fully saturated rings. The average Bonchev–Trinajstić information content (AvgIpc) is 2.67. The van der Waals surface area contributed by atoms with E-state index in [1.54, 1.807) is 0 Å². The van der Waals surface area contributed by atoms with E-state index in [1.165, 1.54) is 0 Å². The summed E-state index contributed by atoms with van der Waals surface area (Å²) in [6.07, 6.45) is 1.91. The van der Waals surface area contributed by atoms with Crippen LogP contribution in [0.4, 0.5) is 0 Å². The molecule has 0 bridgehead atoms. The van der Waals surface area contributed by atoms with Gasteiger partial charge in [-0.1, -0.05) is 15.9 Å². The van der Waals surface area contributed by atoms with Crippen LogP contribution in [-0.4, -0.2) is 28.5 Å². The summed E-state index contributed by atoms with van der Waals surface area (Å²) in [7, 11) is 1.97. The van der Waals surface area contributed by atoms with Crippen LogP contribution in [0.1, 0.15) is 24.2 Å². The highest BCUT2D eigenvalue weighted by atomic mass is 79.9. The van der Waals surface area contributed by atoms with Crippen molar-refractivity contribution in [2.45, 2.75) is 13.8 Å². The number of nitrogens with zero attached hydrogens (tertiary/aromatic N) is 2. The first-order valence-corrected chi connectivity index (χ1v) is 6.91. The fourth-order valence-corrected chi connectivity index (χ4v) is 2.58. The van der Waals surface area contributed by atoms with Gasteiger partial charge in [0.1, 0.15) is 0 Å². The Balaban J connectivity index is 2.57. The molecule has 2 rings (SSSR count). The van der Waals surface area contributed by atoms with Gasteiger partial charge in [-0.15, -0.1) is 0 Å². The van der Waals surface area contributed by atoms with Crippen molar-refractivity contribution < 1.29 is 4.79 Å². The molecule has 1 heterocycles. The fraction of sp³-hybridized carbons (Fsp3) is 0.357. The number of carbonyl (C=O) groups is 1. The van der Waals surface area contributed by atoms with Gasteiger partial charge < -0.3 is 9.47 Å². The van der Waals surface area contributed by atoms with Crippen LogP contribution < -0.4 is 0 Å². The van der Waals surface area contributed by atoms with E-state index in [-0.39, 0.29) is 5.91 Å². The average molecular weight is 309 g/mol. The van der Waals surface area contributed by atoms with Crippen molar-refractivity contribution in [3.05, 3.63) is 34.4 Å². The van der Waals surface area contributed by atoms with Crippen LogP contribution in [0.2, 0.25) is 0 Å². The smallest absolute Gasteiger partial charge is 0.256 e. The maximum atomic E-state index is 12.4. The van der Waals surface area contributed by atoms with Crippen molar-refractivity contribution in [1.29, 1.82) is 0 Å². The lowest BCUT2D eigenvalue weighted by atomic mass is 10.1. The van der Waals surface area contributed by atoms with Gasteiger partial charge in [-0.3, -0.25) is 4.79 Å². The van der Waals surface area contributed by atoms with Gasteiger partial charge in [0.25, 0.3) is 5.91 Å². The normalized spacial score (nSPS) is 10.9. The lowest BCUT2D eigenvalue weighted by Crippen LogP contribution is -2.30. The topological polar surface area (TPSA) is 25.2 Å². The second kappa shape index (κ2) is 5.14. The van der Waals surface area contributed by atoms with Gasteiger partial charge >= 0.3 is 0 Å². The zero-order valence-corrected chi connectivity index (χ0v) is 12.5. The van der Waals surface area contributed by atoms with Crippen LogP contribution in [0.25, 0.3) is 10.9 Å². The van der Waals surface area contributed by atoms with Gasteiger partial charge in [-0.05, 0) is 32.0 Å². The molecule has 0 saturated heterocycles. The molecule has 18 heavy (non-hydrogen) atoms. The van der Waals surface area contributed by atoms with Crippen molar-refractivity contribution in [3.63, 3.8) is 0 Å². The largest absolute Gasteiger partial charge is 0.350 e. The van der Waals surface area contributed by atoms with Crippen LogP contribution in [0.5, 0.6) is 0 Å². The Kier molecular flexibility index (Phi) is 3.76. The maximum absolute atomic E-state index is 12.4. The van der Waals surface area contributed by atoms with Crippen molar-refractivity contribution in [2.24, 2.45) is 7.05 Å². The first-order valence-electron chi connectivity index (χ1n) is 6.12. The molecule has 96 valence electrons. The molecule has 1 aromatic carbocycles. The summed E-state index contributed by atoms with van der Waals surface area (Å²) in [5.74, 6) is 0.101. The first kappa shape index (κ1) is 13.1. The van der Waals surface area contributed by atoms with Gasteiger partial charge in [0.05, 0.1) is 5.56 Å². The predicted molar refractivity (Wildman–Crippen MR) is 77.9 cm³/mol. The molecule has 1 aromatic heterocycles. The van der Waals surface area contributed by atoms with Gasteiger partial charge in [0.2, 0.25) is 0 Å². The van der Waals surface area contributed by atoms with Gasteiger partial charge in [0.15, 0.2) is 0 Å². The maximum Gasteiger partial charge on any atom is 0.256 e. The second-order valence-corrected chi connectivity index (χ2v) is 5.21. The molecular weight excluding hydrogens is 292 g/mol. The van der Waals surface area contributed by atoms with E-state index in [0.717, 1.165) is 34.0 Å². The molecule has 0 aliphatic heterocycles. The Hall–Kier alpha value is -1.29. The van der Waals surface area contributed by atoms with Crippen LogP contribution in [0, 0.1) is 0 Å². The number of aryl methyl sites for hydroxylation is 1. The third-order valence-corrected chi connectivity index (χ3v) is 3.73. The minimum absolute atomic E-state index is 0.101. The van der Waals surface area contributed by atoms with E-state index in [2.05, 4.69) is 15.9 Å². The number of hydrogen-bond acceptors (Lipinski definition) is 1. The second-order valence-electron chi connectivity index (χ2n) is 4.29. The van der Waals surface area contributed by atoms with Crippen molar-refractivity contribution in [3.8, 4) is 0 Å². The fourth-order valence-electron chi connectivity index (χ4n) is 2.22. The number of amides is 1. The molecule has 0 aliphatic rings. The lowest BCUT2D eigenvalue weighted by molar-refractivity contribution is 0.0775. The van der Waals surface area contributed by atoms with E-state index in [4.69, 9.17) is 0 Å². The van der Waals surface area contributed by atoms with Crippen molar-refractivity contribution in [2.75, 3.05) is 13.1 Å². The van der Waals surface area contributed by atoms with Crippen molar-refractivity contribution in [1.82, 2.24) is 9.47 Å². The first-order chi connectivity index (χ1) is 8.58. The Morgan fingerprint density at radius 3 is 2.61 bits per heavy atom. The third-order valence-electron chi connectivity index (χ3n) is 3.23. The summed E-state index contributed by atoms with van der Waals surface area (Å²) in [6, 6.07) is 6.03. The van der Waals surface area contributed by atoms with Crippen LogP contribution in [0.3, 0.4) is 0 Å². The molecule has 0 aliphatic carbocycles. The number of benzene rings is 1. The van der Waals surface area contributed by atoms with Gasteiger partial charge in [0, 0.05) is 41.7 Å². The molecule has 4 heteroatoms. The summed E-state index contributed by atoms with van der Waals surface area (Å²) in [4.78, 5) is 14.3. The molecule has 0 radical (unpaired) electrons. The van der Waals surface area contributed by atoms with E-state index >= 15 is 0 Å². The number of carbonyl (C=O) groups excluding carboxylic acids is 1. The van der Waals surface area contributed by atoms with E-state index in [9.17, 15) is 4.79 Å². The summed E-state index contributed by atoms with van der Waals surface area (Å²) in [6.45, 7) is 5.48. The molecule has 3 nitrogen and oxygen atoms in total. The minimum atomic E-state index is 0.101. The summed E-state index contributed by atoms with van der Waals surface area (Å²) < 4.78 is 2.99. The molecule has 2 aromatic rings. The van der Waals surface area contributed by atoms with Crippen LogP contribution >= 0.6 is 15.9 Å². The standard InChI is InChI=1S/C14H17BrN2O/c1-4-17(5-2)14(18)12-9-16(3)13-7-6-10(15)8-11(12)13/h6-9H,4-5H2,1-3H3. The Bertz CT molecular complexity index is 585. The van der Waals surface area contributed by atoms with Gasteiger partial charge in [-0.25, -0.2) is 0 Å². The van der Waals surface area contributed by atoms with Gasteiger partial charge in [-0.2, -0.15) is 0 Å². The zero-order chi connectivity index (χ0) is 13.3. The number of fused-ring (bicyclic) bond motifs is 1. The highest BCUT2D eigenvalue weighted by Gasteiger charge is 2.18. The van der Waals surface area contributed by atoms with E-state index in [1.807, 2.05) is 54.8 Å². The minimum Gasteiger partial charge on any atom is -0.350 e. The quantitative estimate of drug-likeness (QED) is 0.853. The molecule has 1 amide bonds. The SMILES string of the molecule is CCN(CC)C(=O)c1cn(C)c2ccc(Br)cc12. The number of aromatic nitrogens is 1. The zero-order valence-electron chi connectivity index (χ0n) is 10.9. The summed E-state index contributed by atoms with van der Waals surface area (Å²) in [5.41, 5.74) is 1.85. The highest BCUT2D eigenvalue weighted by Crippen LogP contribution is 2.25. The van der Waals surface area contributed by atoms with E-state index < -0.39 is 0 Å². The number of halogens is 1. The monoisotopic (exact) mass is 308 g/mol. The van der Waals surface area contributed by atoms with E-state index in [0.29, 0.717) is 0 Å². The van der Waals surface area contributed by atoms with Crippen molar-refractivity contribution >= 4 is 32.7 Å². The highest BCUT2D eigenvalue weighted by molar-refractivity contribution is 9.10. The number of rotatable bonds is 3. The van der Waals surface area contributed by atoms with Crippen LogP contribution in [0.15, 0.2) is 28.9 Å². The third kappa shape index (κ3) is 2.17. The Labute approximate surface area is 116 Å². The predicted octanol–water partition coefficient (Wildman–Crippen LogP) is 3.42. The molecule has 0 atom stereocenters. The Morgan fingerprint density at radius 1 is 1.33 bits per heavy atom. The summed E-state index contributed by atoms with van der Waals surface area (Å²) in [5, 5.41) is 1.00. The molecule has 0 unspecified atom stereocenters. The Morgan fingerprint density at radius 2 is 2.00 bits per heavy atom. The number of hydrogen-bond donors (Lipinski definition) is 0. The van der Waals surface area contributed by atoms with Crippen LogP contribution in [-0.2, 0) is 7.05 Å². The molecule has 0 saturated carbocycles. The molecule has 0 spiro atoms. The lowest BCUT2D eigenvalue weighted by Gasteiger charge is -2.17. The molecule has 0 N–H and O–H groups in total. The molecular formula is C14H17BrN2O. The summed E-state index contributed by atoms with van der Waals surface area (Å²) >= 11 is 3.46.